The van der Waals surface area contributed by atoms with Gasteiger partial charge in [0.25, 0.3) is 5.91 Å². The minimum absolute atomic E-state index is 0.0473. The lowest BCUT2D eigenvalue weighted by Crippen LogP contribution is -2.30. The van der Waals surface area contributed by atoms with E-state index in [1.165, 1.54) is 12.0 Å². The van der Waals surface area contributed by atoms with Crippen molar-refractivity contribution in [3.8, 4) is 0 Å². The van der Waals surface area contributed by atoms with Crippen molar-refractivity contribution >= 4 is 11.6 Å². The summed E-state index contributed by atoms with van der Waals surface area (Å²) in [5, 5.41) is 6.37. The van der Waals surface area contributed by atoms with Gasteiger partial charge in [0.2, 0.25) is 0 Å². The molecule has 0 aliphatic carbocycles. The zero-order valence-electron chi connectivity index (χ0n) is 11.4. The number of fused-ring (bicyclic) bond motifs is 1. The first-order chi connectivity index (χ1) is 9.22. The van der Waals surface area contributed by atoms with Gasteiger partial charge in [0, 0.05) is 30.9 Å². The fourth-order valence-corrected chi connectivity index (χ4v) is 2.96. The summed E-state index contributed by atoms with van der Waals surface area (Å²) in [7, 11) is 2.13. The Balaban J connectivity index is 1.58. The molecule has 102 valence electrons. The van der Waals surface area contributed by atoms with Crippen molar-refractivity contribution in [2.24, 2.45) is 5.92 Å². The smallest absolute Gasteiger partial charge is 0.251 e. The van der Waals surface area contributed by atoms with Gasteiger partial charge in [0.1, 0.15) is 0 Å². The third-order valence-electron chi connectivity index (χ3n) is 4.12. The third kappa shape index (κ3) is 2.73. The number of nitrogens with one attached hydrogen (secondary N) is 2. The summed E-state index contributed by atoms with van der Waals surface area (Å²) in [5.41, 5.74) is 3.20. The quantitative estimate of drug-likeness (QED) is 0.861. The van der Waals surface area contributed by atoms with Crippen molar-refractivity contribution < 1.29 is 4.79 Å². The SMILES string of the molecule is CN1CCC(CNC(=O)c2ccc3c(c2)NCC3)C1. The van der Waals surface area contributed by atoms with Gasteiger partial charge in [-0.15, -0.1) is 0 Å². The Morgan fingerprint density at radius 2 is 2.42 bits per heavy atom. The van der Waals surface area contributed by atoms with Gasteiger partial charge in [0.05, 0.1) is 0 Å². The summed E-state index contributed by atoms with van der Waals surface area (Å²) in [6.07, 6.45) is 2.24. The van der Waals surface area contributed by atoms with Crippen molar-refractivity contribution in [1.29, 1.82) is 0 Å². The predicted molar refractivity (Wildman–Crippen MR) is 76.6 cm³/mol. The topological polar surface area (TPSA) is 44.4 Å². The molecule has 0 aromatic heterocycles. The Labute approximate surface area is 114 Å². The third-order valence-corrected chi connectivity index (χ3v) is 4.12. The molecule has 0 saturated carbocycles. The number of carbonyl (C=O) groups is 1. The molecule has 2 aliphatic rings. The minimum atomic E-state index is 0.0473. The van der Waals surface area contributed by atoms with Gasteiger partial charge in [-0.25, -0.2) is 0 Å². The van der Waals surface area contributed by atoms with Crippen LogP contribution in [0.1, 0.15) is 22.3 Å². The van der Waals surface area contributed by atoms with E-state index in [4.69, 9.17) is 0 Å². The molecule has 1 atom stereocenters. The van der Waals surface area contributed by atoms with Crippen molar-refractivity contribution in [1.82, 2.24) is 10.2 Å². The number of likely N-dealkylation sites (tertiary alicyclic amines) is 1. The maximum Gasteiger partial charge on any atom is 0.251 e. The van der Waals surface area contributed by atoms with E-state index < -0.39 is 0 Å². The zero-order valence-corrected chi connectivity index (χ0v) is 11.4. The molecule has 2 aliphatic heterocycles. The predicted octanol–water partition coefficient (Wildman–Crippen LogP) is 1.34. The fraction of sp³-hybridized carbons (Fsp3) is 0.533. The first-order valence-electron chi connectivity index (χ1n) is 7.06. The highest BCUT2D eigenvalue weighted by molar-refractivity contribution is 5.95. The van der Waals surface area contributed by atoms with Crippen LogP contribution >= 0.6 is 0 Å². The van der Waals surface area contributed by atoms with E-state index in [9.17, 15) is 4.79 Å². The van der Waals surface area contributed by atoms with E-state index in [1.54, 1.807) is 0 Å². The summed E-state index contributed by atoms with van der Waals surface area (Å²) in [6, 6.07) is 5.97. The number of amides is 1. The summed E-state index contributed by atoms with van der Waals surface area (Å²) in [4.78, 5) is 14.4. The van der Waals surface area contributed by atoms with E-state index >= 15 is 0 Å². The van der Waals surface area contributed by atoms with Gasteiger partial charge in [-0.1, -0.05) is 6.07 Å². The molecule has 19 heavy (non-hydrogen) atoms. The van der Waals surface area contributed by atoms with E-state index in [1.807, 2.05) is 12.1 Å². The molecule has 1 fully saturated rings. The van der Waals surface area contributed by atoms with Gasteiger partial charge in [-0.3, -0.25) is 4.79 Å². The van der Waals surface area contributed by atoms with Crippen LogP contribution in [0.25, 0.3) is 0 Å². The van der Waals surface area contributed by atoms with E-state index in [0.717, 1.165) is 43.9 Å². The summed E-state index contributed by atoms with van der Waals surface area (Å²) in [5.74, 6) is 0.646. The van der Waals surface area contributed by atoms with Crippen LogP contribution in [-0.4, -0.2) is 44.0 Å². The van der Waals surface area contributed by atoms with Crippen LogP contribution in [0, 0.1) is 5.92 Å². The van der Waals surface area contributed by atoms with E-state index in [2.05, 4.69) is 28.6 Å². The van der Waals surface area contributed by atoms with Crippen molar-refractivity contribution in [2.75, 3.05) is 38.5 Å². The maximum absolute atomic E-state index is 12.1. The number of nitrogens with zero attached hydrogens (tertiary/aromatic N) is 1. The number of benzene rings is 1. The van der Waals surface area contributed by atoms with Gasteiger partial charge >= 0.3 is 0 Å². The van der Waals surface area contributed by atoms with Crippen LogP contribution in [0.4, 0.5) is 5.69 Å². The highest BCUT2D eigenvalue weighted by atomic mass is 16.1. The molecule has 3 rings (SSSR count). The lowest BCUT2D eigenvalue weighted by molar-refractivity contribution is 0.0947. The first kappa shape index (κ1) is 12.5. The lowest BCUT2D eigenvalue weighted by Gasteiger charge is -2.12. The average molecular weight is 259 g/mol. The van der Waals surface area contributed by atoms with Crippen LogP contribution < -0.4 is 10.6 Å². The van der Waals surface area contributed by atoms with Gasteiger partial charge in [-0.05, 0) is 50.0 Å². The Kier molecular flexibility index (Phi) is 3.42. The highest BCUT2D eigenvalue weighted by Crippen LogP contribution is 2.23. The molecule has 1 aromatic rings. The molecular weight excluding hydrogens is 238 g/mol. The molecule has 0 bridgehead atoms. The standard InChI is InChI=1S/C15H21N3O/c1-18-7-5-11(10-18)9-17-15(19)13-3-2-12-4-6-16-14(12)8-13/h2-3,8,11,16H,4-7,9-10H2,1H3,(H,17,19). The van der Waals surface area contributed by atoms with E-state index in [0.29, 0.717) is 5.92 Å². The summed E-state index contributed by atoms with van der Waals surface area (Å²) < 4.78 is 0. The molecule has 1 unspecified atom stereocenters. The van der Waals surface area contributed by atoms with Crippen LogP contribution in [0.2, 0.25) is 0 Å². The summed E-state index contributed by atoms with van der Waals surface area (Å²) >= 11 is 0. The minimum Gasteiger partial charge on any atom is -0.384 e. The van der Waals surface area contributed by atoms with Gasteiger partial charge < -0.3 is 15.5 Å². The largest absolute Gasteiger partial charge is 0.384 e. The zero-order chi connectivity index (χ0) is 13.2. The number of hydrogen-bond donors (Lipinski definition) is 2. The van der Waals surface area contributed by atoms with E-state index in [-0.39, 0.29) is 5.91 Å². The molecular formula is C15H21N3O. The Bertz CT molecular complexity index is 486. The van der Waals surface area contributed by atoms with Crippen molar-refractivity contribution in [3.63, 3.8) is 0 Å². The van der Waals surface area contributed by atoms with Crippen molar-refractivity contribution in [3.05, 3.63) is 29.3 Å². The first-order valence-corrected chi connectivity index (χ1v) is 7.06. The number of anilines is 1. The number of rotatable bonds is 3. The van der Waals surface area contributed by atoms with Crippen LogP contribution in [0.5, 0.6) is 0 Å². The molecule has 1 saturated heterocycles. The maximum atomic E-state index is 12.1. The molecule has 2 heterocycles. The lowest BCUT2D eigenvalue weighted by atomic mass is 10.1. The molecule has 4 nitrogen and oxygen atoms in total. The van der Waals surface area contributed by atoms with Crippen LogP contribution in [0.15, 0.2) is 18.2 Å². The molecule has 1 amide bonds. The monoisotopic (exact) mass is 259 g/mol. The van der Waals surface area contributed by atoms with Gasteiger partial charge in [0.15, 0.2) is 0 Å². The van der Waals surface area contributed by atoms with Gasteiger partial charge in [-0.2, -0.15) is 0 Å². The Morgan fingerprint density at radius 1 is 1.53 bits per heavy atom. The Hall–Kier alpha value is -1.55. The second kappa shape index (κ2) is 5.21. The summed E-state index contributed by atoms with van der Waals surface area (Å²) in [6.45, 7) is 4.00. The molecule has 0 radical (unpaired) electrons. The average Bonchev–Trinajstić information content (AvgIpc) is 3.03. The second-order valence-corrected chi connectivity index (χ2v) is 5.68. The van der Waals surface area contributed by atoms with Crippen LogP contribution in [0.3, 0.4) is 0 Å². The fourth-order valence-electron chi connectivity index (χ4n) is 2.96. The molecule has 0 spiro atoms. The molecule has 1 aromatic carbocycles. The second-order valence-electron chi connectivity index (χ2n) is 5.68. The number of hydrogen-bond acceptors (Lipinski definition) is 3. The normalized spacial score (nSPS) is 22.1. The van der Waals surface area contributed by atoms with Crippen LogP contribution in [-0.2, 0) is 6.42 Å². The van der Waals surface area contributed by atoms with Crippen molar-refractivity contribution in [2.45, 2.75) is 12.8 Å². The molecule has 4 heteroatoms. The number of carbonyl (C=O) groups excluding carboxylic acids is 1. The molecule has 2 N–H and O–H groups in total. The Morgan fingerprint density at radius 3 is 3.21 bits per heavy atom. The highest BCUT2D eigenvalue weighted by Gasteiger charge is 2.20.